The Bertz CT molecular complexity index is 735. The molecule has 0 N–H and O–H groups in total. The number of likely N-dealkylation sites (N-methyl/N-ethyl adjacent to an activating group) is 1. The fraction of sp³-hybridized carbons (Fsp3) is 0.500. The lowest BCUT2D eigenvalue weighted by molar-refractivity contribution is 0.0907. The molecule has 24 heavy (non-hydrogen) atoms. The number of urea groups is 1. The summed E-state index contributed by atoms with van der Waals surface area (Å²) in [5.41, 5.74) is 2.01. The maximum absolute atomic E-state index is 12.0. The van der Waals surface area contributed by atoms with Crippen molar-refractivity contribution in [3.8, 4) is 0 Å². The number of aryl methyl sites for hydroxylation is 1. The van der Waals surface area contributed by atoms with E-state index < -0.39 is 0 Å². The lowest BCUT2D eigenvalue weighted by Crippen LogP contribution is -2.47. The van der Waals surface area contributed by atoms with Crippen molar-refractivity contribution >= 4 is 11.7 Å². The molecule has 4 rings (SSSR count). The van der Waals surface area contributed by atoms with Crippen molar-refractivity contribution in [3.05, 3.63) is 36.2 Å². The van der Waals surface area contributed by atoms with Gasteiger partial charge in [-0.15, -0.1) is 0 Å². The number of carbonyl (C=O) groups is 1. The van der Waals surface area contributed by atoms with Crippen LogP contribution in [0, 0.1) is 6.92 Å². The minimum Gasteiger partial charge on any atom is -0.326 e. The predicted molar refractivity (Wildman–Crippen MR) is 88.7 cm³/mol. The van der Waals surface area contributed by atoms with E-state index in [2.05, 4.69) is 20.0 Å². The first-order valence-corrected chi connectivity index (χ1v) is 8.17. The average Bonchev–Trinajstić information content (AvgIpc) is 3.12. The Hall–Kier alpha value is -2.48. The maximum atomic E-state index is 12.0. The molecule has 0 radical (unpaired) electrons. The lowest BCUT2D eigenvalue weighted by atomic mass is 10.1. The van der Waals surface area contributed by atoms with Crippen LogP contribution in [0.2, 0.25) is 0 Å². The van der Waals surface area contributed by atoms with Crippen LogP contribution >= 0.6 is 0 Å². The Morgan fingerprint density at radius 1 is 1.17 bits per heavy atom. The van der Waals surface area contributed by atoms with Gasteiger partial charge in [-0.1, -0.05) is 0 Å². The fourth-order valence-corrected chi connectivity index (χ4v) is 3.15. The molecule has 2 aliphatic heterocycles. The zero-order valence-corrected chi connectivity index (χ0v) is 14.0. The summed E-state index contributed by atoms with van der Waals surface area (Å²) >= 11 is 0. The van der Waals surface area contributed by atoms with Gasteiger partial charge in [0.05, 0.1) is 17.9 Å². The van der Waals surface area contributed by atoms with Crippen LogP contribution in [0.25, 0.3) is 0 Å². The summed E-state index contributed by atoms with van der Waals surface area (Å²) in [6.45, 7) is 6.14. The molecule has 4 heterocycles. The van der Waals surface area contributed by atoms with Crippen molar-refractivity contribution in [2.24, 2.45) is 0 Å². The lowest BCUT2D eigenvalue weighted by Gasteiger charge is -2.39. The van der Waals surface area contributed by atoms with E-state index in [0.717, 1.165) is 49.8 Å². The number of hydrogen-bond donors (Lipinski definition) is 0. The molecular weight excluding hydrogens is 306 g/mol. The largest absolute Gasteiger partial charge is 0.326 e. The molecule has 2 aromatic heterocycles. The highest BCUT2D eigenvalue weighted by Gasteiger charge is 2.31. The summed E-state index contributed by atoms with van der Waals surface area (Å²) in [6.07, 6.45) is 7.54. The number of likely N-dealkylation sites (tertiary alicyclic amines) is 1. The molecule has 2 amide bonds. The van der Waals surface area contributed by atoms with Crippen LogP contribution in [0.4, 0.5) is 10.5 Å². The van der Waals surface area contributed by atoms with E-state index in [1.54, 1.807) is 16.0 Å². The molecule has 2 aromatic rings. The molecule has 0 saturated carbocycles. The third kappa shape index (κ3) is 2.73. The topological polar surface area (TPSA) is 70.4 Å². The van der Waals surface area contributed by atoms with Gasteiger partial charge in [-0.3, -0.25) is 14.5 Å². The highest BCUT2D eigenvalue weighted by Crippen LogP contribution is 2.25. The summed E-state index contributed by atoms with van der Waals surface area (Å²) in [7, 11) is 1.82. The first-order chi connectivity index (χ1) is 11.6. The van der Waals surface area contributed by atoms with Crippen LogP contribution in [0.15, 0.2) is 24.8 Å². The zero-order valence-electron chi connectivity index (χ0n) is 14.0. The smallest absolute Gasteiger partial charge is 0.324 e. The molecule has 2 saturated heterocycles. The second-order valence-corrected chi connectivity index (χ2v) is 6.52. The van der Waals surface area contributed by atoms with Gasteiger partial charge in [0.2, 0.25) is 0 Å². The molecule has 0 aliphatic carbocycles. The van der Waals surface area contributed by atoms with E-state index in [0.29, 0.717) is 6.04 Å². The molecule has 0 bridgehead atoms. The summed E-state index contributed by atoms with van der Waals surface area (Å²) in [5, 5.41) is 4.45. The first kappa shape index (κ1) is 15.1. The molecule has 8 nitrogen and oxygen atoms in total. The average molecular weight is 327 g/mol. The van der Waals surface area contributed by atoms with Crippen LogP contribution in [0.3, 0.4) is 0 Å². The second kappa shape index (κ2) is 5.86. The Labute approximate surface area is 140 Å². The van der Waals surface area contributed by atoms with Gasteiger partial charge in [-0.05, 0) is 6.92 Å². The molecule has 0 spiro atoms. The van der Waals surface area contributed by atoms with Gasteiger partial charge in [0, 0.05) is 63.9 Å². The van der Waals surface area contributed by atoms with E-state index in [1.807, 2.05) is 37.2 Å². The molecule has 2 aliphatic rings. The Morgan fingerprint density at radius 3 is 2.58 bits per heavy atom. The maximum Gasteiger partial charge on any atom is 0.324 e. The summed E-state index contributed by atoms with van der Waals surface area (Å²) in [4.78, 5) is 26.4. The fourth-order valence-electron chi connectivity index (χ4n) is 3.15. The third-order valence-corrected chi connectivity index (χ3v) is 4.67. The van der Waals surface area contributed by atoms with E-state index >= 15 is 0 Å². The highest BCUT2D eigenvalue weighted by atomic mass is 16.2. The molecule has 0 unspecified atom stereocenters. The van der Waals surface area contributed by atoms with Crippen LogP contribution < -0.4 is 4.90 Å². The van der Waals surface area contributed by atoms with Crippen molar-refractivity contribution in [1.82, 2.24) is 29.5 Å². The third-order valence-electron chi connectivity index (χ3n) is 4.67. The van der Waals surface area contributed by atoms with Crippen LogP contribution in [-0.2, 0) is 6.54 Å². The number of carbonyl (C=O) groups excluding carboxylic acids is 1. The van der Waals surface area contributed by atoms with Gasteiger partial charge in [0.1, 0.15) is 5.82 Å². The molecule has 0 aromatic carbocycles. The second-order valence-electron chi connectivity index (χ2n) is 6.52. The van der Waals surface area contributed by atoms with Gasteiger partial charge in [-0.2, -0.15) is 5.10 Å². The van der Waals surface area contributed by atoms with Crippen molar-refractivity contribution in [2.45, 2.75) is 19.5 Å². The van der Waals surface area contributed by atoms with E-state index in [4.69, 9.17) is 0 Å². The number of aromatic nitrogens is 4. The molecular formula is C16H21N7O. The van der Waals surface area contributed by atoms with Crippen molar-refractivity contribution in [2.75, 3.05) is 38.1 Å². The van der Waals surface area contributed by atoms with Crippen molar-refractivity contribution in [1.29, 1.82) is 0 Å². The number of nitrogens with zero attached hydrogens (tertiary/aromatic N) is 7. The Balaban J connectivity index is 1.34. The monoisotopic (exact) mass is 327 g/mol. The Kier molecular flexibility index (Phi) is 3.68. The summed E-state index contributed by atoms with van der Waals surface area (Å²) < 4.78 is 1.98. The van der Waals surface area contributed by atoms with Crippen LogP contribution in [0.1, 0.15) is 17.4 Å². The zero-order chi connectivity index (χ0) is 16.7. The van der Waals surface area contributed by atoms with Gasteiger partial charge in [-0.25, -0.2) is 14.8 Å². The molecule has 126 valence electrons. The van der Waals surface area contributed by atoms with Crippen molar-refractivity contribution in [3.63, 3.8) is 0 Å². The number of amides is 2. The summed E-state index contributed by atoms with van der Waals surface area (Å²) in [6, 6.07) is 0.407. The van der Waals surface area contributed by atoms with Crippen LogP contribution in [0.5, 0.6) is 0 Å². The van der Waals surface area contributed by atoms with Gasteiger partial charge in [0.25, 0.3) is 0 Å². The molecule has 0 atom stereocenters. The number of rotatable bonds is 4. The Morgan fingerprint density at radius 2 is 1.92 bits per heavy atom. The number of anilines is 1. The standard InChI is InChI=1S/C16H21N7O/c1-12-17-5-13(6-18-12)8-21-9-15(10-21)23-11-14(7-19-23)22-4-3-20(2)16(22)24/h5-7,11,15H,3-4,8-10H2,1-2H3. The van der Waals surface area contributed by atoms with Gasteiger partial charge < -0.3 is 4.90 Å². The first-order valence-electron chi connectivity index (χ1n) is 8.17. The predicted octanol–water partition coefficient (Wildman–Crippen LogP) is 0.910. The minimum atomic E-state index is 0.0455. The van der Waals surface area contributed by atoms with E-state index in [9.17, 15) is 4.79 Å². The highest BCUT2D eigenvalue weighted by molar-refractivity contribution is 5.93. The van der Waals surface area contributed by atoms with E-state index in [1.165, 1.54) is 0 Å². The molecule has 8 heteroatoms. The molecule has 2 fully saturated rings. The van der Waals surface area contributed by atoms with Crippen molar-refractivity contribution < 1.29 is 4.79 Å². The number of hydrogen-bond acceptors (Lipinski definition) is 5. The SMILES string of the molecule is Cc1ncc(CN2CC(n3cc(N4CCN(C)C4=O)cn3)C2)cn1. The van der Waals surface area contributed by atoms with E-state index in [-0.39, 0.29) is 6.03 Å². The van der Waals surface area contributed by atoms with Crippen LogP contribution in [-0.4, -0.2) is 68.8 Å². The normalized spacial score (nSPS) is 19.2. The quantitative estimate of drug-likeness (QED) is 0.835. The minimum absolute atomic E-state index is 0.0455. The summed E-state index contributed by atoms with van der Waals surface area (Å²) in [5.74, 6) is 0.798. The van der Waals surface area contributed by atoms with Gasteiger partial charge in [0.15, 0.2) is 0 Å². The van der Waals surface area contributed by atoms with Gasteiger partial charge >= 0.3 is 6.03 Å².